The zero-order valence-electron chi connectivity index (χ0n) is 11.1. The third kappa shape index (κ3) is 2.10. The minimum Gasteiger partial charge on any atom is -0.496 e. The van der Waals surface area contributed by atoms with E-state index in [0.717, 1.165) is 34.7 Å². The van der Waals surface area contributed by atoms with Crippen LogP contribution >= 0.6 is 11.6 Å². The number of fused-ring (bicyclic) bond motifs is 1. The lowest BCUT2D eigenvalue weighted by Crippen LogP contribution is -2.06. The number of methoxy groups -OCH3 is 1. The van der Waals surface area contributed by atoms with Crippen molar-refractivity contribution in [1.29, 1.82) is 0 Å². The predicted molar refractivity (Wildman–Crippen MR) is 85.4 cm³/mol. The van der Waals surface area contributed by atoms with Gasteiger partial charge in [-0.15, -0.1) is 0 Å². The number of anilines is 2. The van der Waals surface area contributed by atoms with Gasteiger partial charge in [-0.1, -0.05) is 29.8 Å². The van der Waals surface area contributed by atoms with E-state index in [1.165, 1.54) is 0 Å². The smallest absolute Gasteiger partial charge is 0.128 e. The van der Waals surface area contributed by atoms with Crippen molar-refractivity contribution in [2.75, 3.05) is 24.7 Å². The second-order valence-corrected chi connectivity index (χ2v) is 5.03. The summed E-state index contributed by atoms with van der Waals surface area (Å²) in [6.07, 6.45) is 4.16. The van der Waals surface area contributed by atoms with E-state index >= 15 is 0 Å². The molecule has 0 saturated carbocycles. The fraction of sp³-hybridized carbons (Fsp3) is 0.125. The number of benzene rings is 2. The lowest BCUT2D eigenvalue weighted by Gasteiger charge is -2.18. The molecular formula is C16H15ClN2O. The molecule has 3 rings (SSSR count). The van der Waals surface area contributed by atoms with E-state index in [1.807, 2.05) is 30.3 Å². The van der Waals surface area contributed by atoms with Gasteiger partial charge in [-0.05, 0) is 29.8 Å². The van der Waals surface area contributed by atoms with Crippen LogP contribution in [0.4, 0.5) is 11.4 Å². The van der Waals surface area contributed by atoms with Gasteiger partial charge in [0.15, 0.2) is 0 Å². The van der Waals surface area contributed by atoms with Crippen molar-refractivity contribution in [1.82, 2.24) is 0 Å². The molecule has 0 atom stereocenters. The highest BCUT2D eigenvalue weighted by molar-refractivity contribution is 6.34. The number of hydrogen-bond acceptors (Lipinski definition) is 3. The SMILES string of the molecule is COc1cccc(Cl)c1-c1cc2c(cc1N)NCC=C2. The average molecular weight is 287 g/mol. The van der Waals surface area contributed by atoms with Crippen LogP contribution in [0.15, 0.2) is 36.4 Å². The van der Waals surface area contributed by atoms with E-state index < -0.39 is 0 Å². The molecule has 0 bridgehead atoms. The number of rotatable bonds is 2. The molecule has 4 heteroatoms. The highest BCUT2D eigenvalue weighted by Crippen LogP contribution is 2.41. The summed E-state index contributed by atoms with van der Waals surface area (Å²) in [4.78, 5) is 0. The van der Waals surface area contributed by atoms with E-state index in [2.05, 4.69) is 17.5 Å². The molecule has 102 valence electrons. The Bertz CT molecular complexity index is 695. The Kier molecular flexibility index (Phi) is 3.28. The van der Waals surface area contributed by atoms with Crippen molar-refractivity contribution in [2.45, 2.75) is 0 Å². The van der Waals surface area contributed by atoms with Gasteiger partial charge in [0.1, 0.15) is 5.75 Å². The normalized spacial score (nSPS) is 12.7. The number of halogens is 1. The number of ether oxygens (including phenoxy) is 1. The summed E-state index contributed by atoms with van der Waals surface area (Å²) in [6.45, 7) is 0.821. The fourth-order valence-corrected chi connectivity index (χ4v) is 2.70. The first kappa shape index (κ1) is 12.9. The molecule has 2 aromatic carbocycles. The standard InChI is InChI=1S/C16H15ClN2O/c1-20-15-6-2-5-12(17)16(15)11-8-10-4-3-7-19-14(10)9-13(11)18/h2-6,8-9,19H,7,18H2,1H3. The van der Waals surface area contributed by atoms with E-state index in [4.69, 9.17) is 22.1 Å². The van der Waals surface area contributed by atoms with Crippen molar-refractivity contribution in [2.24, 2.45) is 0 Å². The third-order valence-corrected chi connectivity index (χ3v) is 3.71. The van der Waals surface area contributed by atoms with E-state index in [1.54, 1.807) is 7.11 Å². The lowest BCUT2D eigenvalue weighted by atomic mass is 9.97. The molecule has 3 N–H and O–H groups in total. The minimum absolute atomic E-state index is 0.628. The Morgan fingerprint density at radius 2 is 2.15 bits per heavy atom. The lowest BCUT2D eigenvalue weighted by molar-refractivity contribution is 0.416. The Labute approximate surface area is 123 Å². The maximum atomic E-state index is 6.33. The predicted octanol–water partition coefficient (Wildman–Crippen LogP) is 4.04. The second-order valence-electron chi connectivity index (χ2n) is 4.63. The van der Waals surface area contributed by atoms with Crippen LogP contribution in [-0.4, -0.2) is 13.7 Å². The first-order valence-corrected chi connectivity index (χ1v) is 6.75. The molecule has 0 aromatic heterocycles. The number of nitrogen functional groups attached to an aromatic ring is 1. The van der Waals surface area contributed by atoms with Gasteiger partial charge in [0.25, 0.3) is 0 Å². The summed E-state index contributed by atoms with van der Waals surface area (Å²) in [5.74, 6) is 0.719. The van der Waals surface area contributed by atoms with Crippen molar-refractivity contribution >= 4 is 29.1 Å². The molecule has 1 heterocycles. The largest absolute Gasteiger partial charge is 0.496 e. The Hall–Kier alpha value is -2.13. The summed E-state index contributed by atoms with van der Waals surface area (Å²) in [6, 6.07) is 9.56. The van der Waals surface area contributed by atoms with Crippen molar-refractivity contribution < 1.29 is 4.74 Å². The summed E-state index contributed by atoms with van der Waals surface area (Å²) in [7, 11) is 1.63. The molecule has 0 spiro atoms. The van der Waals surface area contributed by atoms with E-state index in [9.17, 15) is 0 Å². The maximum absolute atomic E-state index is 6.33. The van der Waals surface area contributed by atoms with Gasteiger partial charge in [0.2, 0.25) is 0 Å². The highest BCUT2D eigenvalue weighted by Gasteiger charge is 2.16. The molecule has 0 amide bonds. The van der Waals surface area contributed by atoms with Gasteiger partial charge in [-0.25, -0.2) is 0 Å². The molecule has 0 fully saturated rings. The van der Waals surface area contributed by atoms with Crippen LogP contribution in [-0.2, 0) is 0 Å². The van der Waals surface area contributed by atoms with Gasteiger partial charge in [-0.3, -0.25) is 0 Å². The number of hydrogen-bond donors (Lipinski definition) is 2. The first-order chi connectivity index (χ1) is 9.70. The van der Waals surface area contributed by atoms with Crippen LogP contribution in [0.2, 0.25) is 5.02 Å². The molecule has 1 aliphatic heterocycles. The van der Waals surface area contributed by atoms with Crippen LogP contribution in [0.3, 0.4) is 0 Å². The van der Waals surface area contributed by atoms with Crippen LogP contribution in [0.5, 0.6) is 5.75 Å². The highest BCUT2D eigenvalue weighted by atomic mass is 35.5. The third-order valence-electron chi connectivity index (χ3n) is 3.39. The summed E-state index contributed by atoms with van der Waals surface area (Å²) in [5, 5.41) is 3.92. The van der Waals surface area contributed by atoms with Crippen molar-refractivity contribution in [3.05, 3.63) is 47.0 Å². The van der Waals surface area contributed by atoms with Crippen molar-refractivity contribution in [3.63, 3.8) is 0 Å². The molecule has 3 nitrogen and oxygen atoms in total. The van der Waals surface area contributed by atoms with Crippen molar-refractivity contribution in [3.8, 4) is 16.9 Å². The zero-order chi connectivity index (χ0) is 14.1. The van der Waals surface area contributed by atoms with Gasteiger partial charge < -0.3 is 15.8 Å². The van der Waals surface area contributed by atoms with Crippen LogP contribution in [0.25, 0.3) is 17.2 Å². The molecule has 2 aromatic rings. The van der Waals surface area contributed by atoms with E-state index in [-0.39, 0.29) is 0 Å². The molecule has 0 saturated heterocycles. The zero-order valence-corrected chi connectivity index (χ0v) is 11.9. The quantitative estimate of drug-likeness (QED) is 0.819. The Balaban J connectivity index is 2.23. The Morgan fingerprint density at radius 1 is 1.30 bits per heavy atom. The van der Waals surface area contributed by atoms with Crippen LogP contribution in [0, 0.1) is 0 Å². The molecular weight excluding hydrogens is 272 g/mol. The molecule has 0 aliphatic carbocycles. The Morgan fingerprint density at radius 3 is 2.95 bits per heavy atom. The van der Waals surface area contributed by atoms with E-state index in [0.29, 0.717) is 10.7 Å². The summed E-state index contributed by atoms with van der Waals surface area (Å²) in [5.41, 5.74) is 10.7. The van der Waals surface area contributed by atoms with Gasteiger partial charge in [0.05, 0.1) is 12.1 Å². The fourth-order valence-electron chi connectivity index (χ4n) is 2.43. The summed E-state index contributed by atoms with van der Waals surface area (Å²) < 4.78 is 5.41. The van der Waals surface area contributed by atoms with Gasteiger partial charge in [0, 0.05) is 29.0 Å². The minimum atomic E-state index is 0.628. The monoisotopic (exact) mass is 286 g/mol. The number of nitrogens with two attached hydrogens (primary N) is 1. The maximum Gasteiger partial charge on any atom is 0.128 e. The molecule has 1 aliphatic rings. The van der Waals surface area contributed by atoms with Crippen LogP contribution in [0.1, 0.15) is 5.56 Å². The second kappa shape index (κ2) is 5.10. The van der Waals surface area contributed by atoms with Gasteiger partial charge in [-0.2, -0.15) is 0 Å². The number of nitrogens with one attached hydrogen (secondary N) is 1. The molecule has 0 unspecified atom stereocenters. The molecule has 20 heavy (non-hydrogen) atoms. The average Bonchev–Trinajstić information content (AvgIpc) is 2.46. The molecule has 0 radical (unpaired) electrons. The van der Waals surface area contributed by atoms with Crippen LogP contribution < -0.4 is 15.8 Å². The topological polar surface area (TPSA) is 47.3 Å². The summed E-state index contributed by atoms with van der Waals surface area (Å²) >= 11 is 6.33. The first-order valence-electron chi connectivity index (χ1n) is 6.37. The van der Waals surface area contributed by atoms with Gasteiger partial charge >= 0.3 is 0 Å².